The zero-order chi connectivity index (χ0) is 12.8. The number of aliphatic hydroxyl groups excluding tert-OH is 1. The fourth-order valence-electron chi connectivity index (χ4n) is 1.19. The Morgan fingerprint density at radius 2 is 2.29 bits per heavy atom. The number of aliphatic hydroxyl groups is 1. The van der Waals surface area contributed by atoms with Crippen LogP contribution in [0.3, 0.4) is 0 Å². The lowest BCUT2D eigenvalue weighted by atomic mass is 10.3. The standard InChI is InChI=1S/C10H12FNO4S/c1-16-9-6-10(17-4-2-3-13)8(12(14)15)5-7(9)11/h5-6,13H,2-4H2,1H3. The van der Waals surface area contributed by atoms with Crippen molar-refractivity contribution in [1.29, 1.82) is 0 Å². The number of benzene rings is 1. The van der Waals surface area contributed by atoms with Gasteiger partial charge in [0.1, 0.15) is 0 Å². The summed E-state index contributed by atoms with van der Waals surface area (Å²) in [6.07, 6.45) is 0.515. The summed E-state index contributed by atoms with van der Waals surface area (Å²) in [5.74, 6) is -0.264. The van der Waals surface area contributed by atoms with Crippen LogP contribution in [0, 0.1) is 15.9 Å². The molecular weight excluding hydrogens is 249 g/mol. The van der Waals surface area contributed by atoms with Gasteiger partial charge in [-0.25, -0.2) is 4.39 Å². The summed E-state index contributed by atoms with van der Waals surface area (Å²) in [6.45, 7) is 0.0130. The van der Waals surface area contributed by atoms with Crippen molar-refractivity contribution in [2.75, 3.05) is 19.5 Å². The van der Waals surface area contributed by atoms with Gasteiger partial charge < -0.3 is 9.84 Å². The first-order valence-corrected chi connectivity index (χ1v) is 5.84. The summed E-state index contributed by atoms with van der Waals surface area (Å²) in [4.78, 5) is 10.4. The maximum atomic E-state index is 13.3. The molecule has 0 bridgehead atoms. The van der Waals surface area contributed by atoms with Gasteiger partial charge in [-0.2, -0.15) is 0 Å². The van der Waals surface area contributed by atoms with Crippen molar-refractivity contribution >= 4 is 17.4 Å². The number of halogens is 1. The molecule has 0 atom stereocenters. The predicted octanol–water partition coefficient (Wildman–Crippen LogP) is 2.22. The second kappa shape index (κ2) is 6.41. The van der Waals surface area contributed by atoms with Gasteiger partial charge in [0.25, 0.3) is 5.69 Å². The number of nitro groups is 1. The minimum atomic E-state index is -0.759. The first-order valence-electron chi connectivity index (χ1n) is 4.85. The molecule has 0 aliphatic rings. The summed E-state index contributed by atoms with van der Waals surface area (Å²) >= 11 is 1.19. The second-order valence-corrected chi connectivity index (χ2v) is 4.27. The Kier molecular flexibility index (Phi) is 5.17. The average Bonchev–Trinajstić information content (AvgIpc) is 2.30. The third-order valence-electron chi connectivity index (χ3n) is 1.99. The Morgan fingerprint density at radius 3 is 2.82 bits per heavy atom. The maximum Gasteiger partial charge on any atom is 0.286 e. The fourth-order valence-corrected chi connectivity index (χ4v) is 2.15. The molecule has 94 valence electrons. The van der Waals surface area contributed by atoms with E-state index in [0.29, 0.717) is 17.1 Å². The number of nitrogens with zero attached hydrogens (tertiary/aromatic N) is 1. The molecule has 0 radical (unpaired) electrons. The van der Waals surface area contributed by atoms with Gasteiger partial charge in [-0.15, -0.1) is 11.8 Å². The van der Waals surface area contributed by atoms with Gasteiger partial charge in [-0.1, -0.05) is 0 Å². The van der Waals surface area contributed by atoms with E-state index in [1.807, 2.05) is 0 Å². The predicted molar refractivity (Wildman–Crippen MR) is 62.0 cm³/mol. The lowest BCUT2D eigenvalue weighted by Gasteiger charge is -2.06. The molecule has 0 amide bonds. The molecule has 0 heterocycles. The van der Waals surface area contributed by atoms with E-state index in [0.717, 1.165) is 6.07 Å². The third-order valence-corrected chi connectivity index (χ3v) is 3.12. The van der Waals surface area contributed by atoms with Crippen LogP contribution < -0.4 is 4.74 Å². The second-order valence-electron chi connectivity index (χ2n) is 3.14. The molecule has 0 saturated carbocycles. The Morgan fingerprint density at radius 1 is 1.59 bits per heavy atom. The number of ether oxygens (including phenoxy) is 1. The smallest absolute Gasteiger partial charge is 0.286 e. The largest absolute Gasteiger partial charge is 0.494 e. The molecule has 1 aromatic rings. The highest BCUT2D eigenvalue weighted by Crippen LogP contribution is 2.34. The van der Waals surface area contributed by atoms with Gasteiger partial charge in [0.2, 0.25) is 0 Å². The van der Waals surface area contributed by atoms with Crippen molar-refractivity contribution in [3.8, 4) is 5.75 Å². The summed E-state index contributed by atoms with van der Waals surface area (Å²) in [5, 5.41) is 19.4. The molecule has 7 heteroatoms. The van der Waals surface area contributed by atoms with Crippen LogP contribution >= 0.6 is 11.8 Å². The van der Waals surface area contributed by atoms with E-state index in [-0.39, 0.29) is 18.0 Å². The third kappa shape index (κ3) is 3.57. The minimum absolute atomic E-state index is 0.0130. The SMILES string of the molecule is COc1cc(SCCCO)c([N+](=O)[O-])cc1F. The fraction of sp³-hybridized carbons (Fsp3) is 0.400. The Bertz CT molecular complexity index is 414. The van der Waals surface area contributed by atoms with Crippen LogP contribution in [0.1, 0.15) is 6.42 Å². The topological polar surface area (TPSA) is 72.6 Å². The number of rotatable bonds is 6. The number of hydrogen-bond acceptors (Lipinski definition) is 5. The van der Waals surface area contributed by atoms with Crippen LogP contribution in [0.5, 0.6) is 5.75 Å². The number of thioether (sulfide) groups is 1. The lowest BCUT2D eigenvalue weighted by molar-refractivity contribution is -0.387. The van der Waals surface area contributed by atoms with Crippen molar-refractivity contribution in [2.24, 2.45) is 0 Å². The summed E-state index contributed by atoms with van der Waals surface area (Å²) in [7, 11) is 1.30. The van der Waals surface area contributed by atoms with Crippen LogP contribution in [-0.2, 0) is 0 Å². The lowest BCUT2D eigenvalue weighted by Crippen LogP contribution is -1.96. The molecular formula is C10H12FNO4S. The Balaban J connectivity index is 3.01. The number of methoxy groups -OCH3 is 1. The molecule has 0 saturated heterocycles. The molecule has 5 nitrogen and oxygen atoms in total. The van der Waals surface area contributed by atoms with Crippen molar-refractivity contribution in [3.63, 3.8) is 0 Å². The normalized spacial score (nSPS) is 10.3. The van der Waals surface area contributed by atoms with E-state index in [9.17, 15) is 14.5 Å². The van der Waals surface area contributed by atoms with Crippen molar-refractivity contribution in [1.82, 2.24) is 0 Å². The van der Waals surface area contributed by atoms with Gasteiger partial charge in [-0.3, -0.25) is 10.1 Å². The molecule has 0 aromatic heterocycles. The van der Waals surface area contributed by atoms with E-state index < -0.39 is 10.7 Å². The van der Waals surface area contributed by atoms with E-state index in [1.54, 1.807) is 0 Å². The highest BCUT2D eigenvalue weighted by molar-refractivity contribution is 7.99. The van der Waals surface area contributed by atoms with E-state index in [1.165, 1.54) is 24.9 Å². The first-order chi connectivity index (χ1) is 8.10. The molecule has 1 rings (SSSR count). The molecule has 0 unspecified atom stereocenters. The molecule has 0 aliphatic carbocycles. The summed E-state index contributed by atoms with van der Waals surface area (Å²) < 4.78 is 18.1. The highest BCUT2D eigenvalue weighted by atomic mass is 32.2. The van der Waals surface area contributed by atoms with Gasteiger partial charge in [0.15, 0.2) is 11.6 Å². The molecule has 17 heavy (non-hydrogen) atoms. The monoisotopic (exact) mass is 261 g/mol. The van der Waals surface area contributed by atoms with Gasteiger partial charge in [0, 0.05) is 18.4 Å². The molecule has 1 aromatic carbocycles. The first kappa shape index (κ1) is 13.7. The van der Waals surface area contributed by atoms with Crippen LogP contribution in [0.15, 0.2) is 17.0 Å². The molecule has 1 N–H and O–H groups in total. The molecule has 0 fully saturated rings. The van der Waals surface area contributed by atoms with Gasteiger partial charge in [-0.05, 0) is 6.42 Å². The zero-order valence-corrected chi connectivity index (χ0v) is 10.00. The minimum Gasteiger partial charge on any atom is -0.494 e. The van der Waals surface area contributed by atoms with E-state index >= 15 is 0 Å². The number of hydrogen-bond donors (Lipinski definition) is 1. The molecule has 0 aliphatic heterocycles. The van der Waals surface area contributed by atoms with Crippen LogP contribution in [0.4, 0.5) is 10.1 Å². The summed E-state index contributed by atoms with van der Waals surface area (Å²) in [6, 6.07) is 2.15. The van der Waals surface area contributed by atoms with Crippen molar-refractivity contribution < 1.29 is 19.2 Å². The van der Waals surface area contributed by atoms with Crippen LogP contribution in [0.2, 0.25) is 0 Å². The summed E-state index contributed by atoms with van der Waals surface area (Å²) in [5.41, 5.74) is -0.286. The van der Waals surface area contributed by atoms with Crippen LogP contribution in [0.25, 0.3) is 0 Å². The van der Waals surface area contributed by atoms with Crippen LogP contribution in [-0.4, -0.2) is 29.5 Å². The van der Waals surface area contributed by atoms with Crippen molar-refractivity contribution in [2.45, 2.75) is 11.3 Å². The highest BCUT2D eigenvalue weighted by Gasteiger charge is 2.19. The quantitative estimate of drug-likeness (QED) is 0.368. The zero-order valence-electron chi connectivity index (χ0n) is 9.18. The number of nitro benzene ring substituents is 1. The Hall–Kier alpha value is -1.34. The maximum absolute atomic E-state index is 13.3. The van der Waals surface area contributed by atoms with Gasteiger partial charge in [0.05, 0.1) is 23.0 Å². The van der Waals surface area contributed by atoms with Gasteiger partial charge >= 0.3 is 0 Å². The van der Waals surface area contributed by atoms with Crippen molar-refractivity contribution in [3.05, 3.63) is 28.1 Å². The molecule has 0 spiro atoms. The van der Waals surface area contributed by atoms with E-state index in [4.69, 9.17) is 9.84 Å². The average molecular weight is 261 g/mol. The Labute approximate surface area is 102 Å². The van der Waals surface area contributed by atoms with E-state index in [2.05, 4.69) is 0 Å².